The van der Waals surface area contributed by atoms with Crippen LogP contribution in [0.4, 0.5) is 4.79 Å². The Hall–Kier alpha value is -1.31. The summed E-state index contributed by atoms with van der Waals surface area (Å²) in [6.07, 6.45) is -0.384. The smallest absolute Gasteiger partial charge is 0.407 e. The molecule has 2 rings (SSSR count). The maximum Gasteiger partial charge on any atom is 0.407 e. The van der Waals surface area contributed by atoms with Gasteiger partial charge in [-0.05, 0) is 12.0 Å². The lowest BCUT2D eigenvalue weighted by Gasteiger charge is -2.20. The summed E-state index contributed by atoms with van der Waals surface area (Å²) >= 11 is 1.95. The molecule has 0 spiro atoms. The van der Waals surface area contributed by atoms with Gasteiger partial charge in [0.25, 0.3) is 0 Å². The van der Waals surface area contributed by atoms with Gasteiger partial charge in [0, 0.05) is 0 Å². The zero-order valence-electron chi connectivity index (χ0n) is 10.3. The maximum absolute atomic E-state index is 11.6. The predicted octanol–water partition coefficient (Wildman–Crippen LogP) is 1.68. The van der Waals surface area contributed by atoms with Crippen LogP contribution < -0.4 is 5.32 Å². The molecule has 19 heavy (non-hydrogen) atoms. The molecule has 1 heterocycles. The minimum absolute atomic E-state index is 0.226. The highest BCUT2D eigenvalue weighted by Crippen LogP contribution is 2.22. The number of amides is 1. The molecule has 102 valence electrons. The van der Waals surface area contributed by atoms with Crippen LogP contribution >= 0.6 is 22.6 Å². The quantitative estimate of drug-likeness (QED) is 0.494. The van der Waals surface area contributed by atoms with Crippen molar-refractivity contribution in [1.82, 2.24) is 5.32 Å². The topological polar surface area (TPSA) is 64.6 Å². The van der Waals surface area contributed by atoms with E-state index in [-0.39, 0.29) is 12.0 Å². The summed E-state index contributed by atoms with van der Waals surface area (Å²) in [5.74, 6) is -0.389. The van der Waals surface area contributed by atoms with E-state index in [0.29, 0.717) is 6.42 Å². The Kier molecular flexibility index (Phi) is 4.62. The van der Waals surface area contributed by atoms with E-state index in [2.05, 4.69) is 5.32 Å². The van der Waals surface area contributed by atoms with Gasteiger partial charge in [0.05, 0.1) is 13.2 Å². The van der Waals surface area contributed by atoms with Gasteiger partial charge in [0.15, 0.2) is 0 Å². The second-order valence-corrected chi connectivity index (χ2v) is 5.58. The van der Waals surface area contributed by atoms with Gasteiger partial charge in [0.2, 0.25) is 0 Å². The lowest BCUT2D eigenvalue weighted by atomic mass is 10.00. The van der Waals surface area contributed by atoms with Gasteiger partial charge in [-0.25, -0.2) is 4.79 Å². The van der Waals surface area contributed by atoms with Crippen LogP contribution in [0.3, 0.4) is 0 Å². The minimum Gasteiger partial charge on any atom is -0.468 e. The highest BCUT2D eigenvalue weighted by Gasteiger charge is 2.42. The number of alkyl halides is 1. The third-order valence-electron chi connectivity index (χ3n) is 2.96. The Labute approximate surface area is 124 Å². The summed E-state index contributed by atoms with van der Waals surface area (Å²) < 4.78 is 9.35. The van der Waals surface area contributed by atoms with E-state index in [9.17, 15) is 9.59 Å². The number of nitrogens with one attached hydrogen (secondary N) is 1. The number of hydrogen-bond acceptors (Lipinski definition) is 4. The number of esters is 1. The number of ether oxygens (including phenoxy) is 2. The van der Waals surface area contributed by atoms with E-state index in [4.69, 9.17) is 9.47 Å². The van der Waals surface area contributed by atoms with E-state index in [1.807, 2.05) is 52.9 Å². The average molecular weight is 375 g/mol. The lowest BCUT2D eigenvalue weighted by molar-refractivity contribution is -0.141. The summed E-state index contributed by atoms with van der Waals surface area (Å²) in [6.45, 7) is 0. The zero-order valence-corrected chi connectivity index (χ0v) is 12.5. The molecule has 1 N–H and O–H groups in total. The van der Waals surface area contributed by atoms with Crippen molar-refractivity contribution in [3.8, 4) is 0 Å². The first-order valence-corrected chi connectivity index (χ1v) is 7.09. The molecule has 0 unspecified atom stereocenters. The highest BCUT2D eigenvalue weighted by molar-refractivity contribution is 14.1. The first-order chi connectivity index (χ1) is 9.11. The number of carbonyl (C=O) groups is 2. The van der Waals surface area contributed by atoms with Gasteiger partial charge in [-0.15, -0.1) is 0 Å². The summed E-state index contributed by atoms with van der Waals surface area (Å²) in [7, 11) is 1.32. The van der Waals surface area contributed by atoms with Crippen LogP contribution in [0, 0.1) is 0 Å². The second kappa shape index (κ2) is 6.23. The molecule has 1 aromatic carbocycles. The fraction of sp³-hybridized carbons (Fsp3) is 0.385. The van der Waals surface area contributed by atoms with E-state index in [1.54, 1.807) is 0 Å². The van der Waals surface area contributed by atoms with Crippen molar-refractivity contribution in [2.45, 2.75) is 22.5 Å². The summed E-state index contributed by atoms with van der Waals surface area (Å²) in [5.41, 5.74) is 1.08. The standard InChI is InChI=1S/C13H14INO4/c1-18-12(16)10(14)11-9(15-13(17)19-11)7-8-5-3-2-4-6-8/h2-6,9-11H,7H2,1H3,(H,15,17)/t9-,10+,11+/m1/s1. The van der Waals surface area contributed by atoms with Crippen LogP contribution in [0.5, 0.6) is 0 Å². The third-order valence-corrected chi connectivity index (χ3v) is 4.17. The van der Waals surface area contributed by atoms with Crippen molar-refractivity contribution >= 4 is 34.7 Å². The lowest BCUT2D eigenvalue weighted by Crippen LogP contribution is -2.41. The van der Waals surface area contributed by atoms with Gasteiger partial charge in [-0.1, -0.05) is 52.9 Å². The first kappa shape index (κ1) is 14.1. The number of benzene rings is 1. The van der Waals surface area contributed by atoms with Crippen molar-refractivity contribution in [2.24, 2.45) is 0 Å². The molecular formula is C13H14INO4. The molecule has 3 atom stereocenters. The van der Waals surface area contributed by atoms with Crippen molar-refractivity contribution in [3.05, 3.63) is 35.9 Å². The van der Waals surface area contributed by atoms with Crippen LogP contribution in [0.25, 0.3) is 0 Å². The van der Waals surface area contributed by atoms with E-state index >= 15 is 0 Å². The Bertz CT molecular complexity index is 465. The van der Waals surface area contributed by atoms with Crippen LogP contribution in [0.15, 0.2) is 30.3 Å². The van der Waals surface area contributed by atoms with Gasteiger partial charge in [-0.3, -0.25) is 4.79 Å². The number of methoxy groups -OCH3 is 1. The van der Waals surface area contributed by atoms with Gasteiger partial charge in [-0.2, -0.15) is 0 Å². The normalized spacial score (nSPS) is 23.4. The highest BCUT2D eigenvalue weighted by atomic mass is 127. The largest absolute Gasteiger partial charge is 0.468 e. The molecule has 0 radical (unpaired) electrons. The monoisotopic (exact) mass is 375 g/mol. The molecule has 1 fully saturated rings. The Balaban J connectivity index is 2.09. The number of carbonyl (C=O) groups excluding carboxylic acids is 2. The maximum atomic E-state index is 11.6. The Morgan fingerprint density at radius 2 is 2.16 bits per heavy atom. The van der Waals surface area contributed by atoms with E-state index < -0.39 is 16.1 Å². The molecule has 6 heteroatoms. The SMILES string of the molecule is COC(=O)[C@@H](I)[C@H]1OC(=O)N[C@@H]1Cc1ccccc1. The molecule has 0 aliphatic carbocycles. The van der Waals surface area contributed by atoms with Crippen molar-refractivity contribution < 1.29 is 19.1 Å². The second-order valence-electron chi connectivity index (χ2n) is 4.24. The molecule has 1 aromatic rings. The summed E-state index contributed by atoms with van der Waals surface area (Å²) in [5, 5.41) is 2.74. The fourth-order valence-electron chi connectivity index (χ4n) is 2.02. The zero-order chi connectivity index (χ0) is 13.8. The van der Waals surface area contributed by atoms with Gasteiger partial charge < -0.3 is 14.8 Å². The van der Waals surface area contributed by atoms with Crippen molar-refractivity contribution in [1.29, 1.82) is 0 Å². The molecule has 0 aromatic heterocycles. The third kappa shape index (κ3) is 3.37. The number of cyclic esters (lactones) is 1. The van der Waals surface area contributed by atoms with Crippen LogP contribution in [0.1, 0.15) is 5.56 Å². The fourth-order valence-corrected chi connectivity index (χ4v) is 2.92. The predicted molar refractivity (Wildman–Crippen MR) is 77.2 cm³/mol. The van der Waals surface area contributed by atoms with Gasteiger partial charge >= 0.3 is 12.1 Å². The number of halogens is 1. The van der Waals surface area contributed by atoms with E-state index in [1.165, 1.54) is 7.11 Å². The van der Waals surface area contributed by atoms with Crippen LogP contribution in [-0.4, -0.2) is 35.2 Å². The molecule has 1 aliphatic heterocycles. The molecule has 1 aliphatic rings. The molecule has 1 saturated heterocycles. The summed E-state index contributed by atoms with van der Waals surface area (Å²) in [6, 6.07) is 9.52. The van der Waals surface area contributed by atoms with Crippen LogP contribution in [-0.2, 0) is 20.7 Å². The number of rotatable bonds is 4. The minimum atomic E-state index is -0.518. The van der Waals surface area contributed by atoms with Crippen molar-refractivity contribution in [3.63, 3.8) is 0 Å². The Morgan fingerprint density at radius 3 is 2.79 bits per heavy atom. The number of alkyl carbamates (subject to hydrolysis) is 1. The summed E-state index contributed by atoms with van der Waals surface area (Å²) in [4.78, 5) is 22.9. The Morgan fingerprint density at radius 1 is 1.47 bits per heavy atom. The van der Waals surface area contributed by atoms with E-state index in [0.717, 1.165) is 5.56 Å². The first-order valence-electron chi connectivity index (χ1n) is 5.85. The molecule has 0 bridgehead atoms. The molecule has 0 saturated carbocycles. The van der Waals surface area contributed by atoms with Crippen molar-refractivity contribution in [2.75, 3.05) is 7.11 Å². The molecular weight excluding hydrogens is 361 g/mol. The molecule has 1 amide bonds. The molecule has 5 nitrogen and oxygen atoms in total. The number of hydrogen-bond donors (Lipinski definition) is 1. The average Bonchev–Trinajstić information content (AvgIpc) is 2.79. The van der Waals surface area contributed by atoms with Gasteiger partial charge in [0.1, 0.15) is 10.0 Å². The van der Waals surface area contributed by atoms with Crippen LogP contribution in [0.2, 0.25) is 0 Å².